The van der Waals surface area contributed by atoms with Crippen molar-refractivity contribution in [2.24, 2.45) is 0 Å². The van der Waals surface area contributed by atoms with Gasteiger partial charge in [0.1, 0.15) is 0 Å². The van der Waals surface area contributed by atoms with Gasteiger partial charge in [-0.3, -0.25) is 4.79 Å². The highest BCUT2D eigenvalue weighted by Crippen LogP contribution is 2.36. The van der Waals surface area contributed by atoms with Gasteiger partial charge in [-0.25, -0.2) is 0 Å². The van der Waals surface area contributed by atoms with E-state index in [4.69, 9.17) is 11.6 Å². The molecule has 1 aromatic carbocycles. The van der Waals surface area contributed by atoms with Gasteiger partial charge in [0, 0.05) is 34.0 Å². The second-order valence-electron chi connectivity index (χ2n) is 5.31. The number of carbonyl (C=O) groups excluding carboxylic acids is 1. The van der Waals surface area contributed by atoms with Gasteiger partial charge in [0.2, 0.25) is 5.91 Å². The molecule has 1 amide bonds. The molecule has 2 nitrogen and oxygen atoms in total. The van der Waals surface area contributed by atoms with Crippen LogP contribution in [0.4, 0.5) is 0 Å². The lowest BCUT2D eigenvalue weighted by Crippen LogP contribution is -2.34. The predicted molar refractivity (Wildman–Crippen MR) is 95.9 cm³/mol. The zero-order valence-corrected chi connectivity index (χ0v) is 14.6. The van der Waals surface area contributed by atoms with Crippen LogP contribution < -0.4 is 0 Å². The lowest BCUT2D eigenvalue weighted by molar-refractivity contribution is -0.130. The van der Waals surface area contributed by atoms with Crippen LogP contribution in [-0.4, -0.2) is 29.6 Å². The molecule has 0 saturated carbocycles. The molecular formula is C17H18ClNOS2. The Morgan fingerprint density at radius 2 is 2.09 bits per heavy atom. The molecule has 116 valence electrons. The summed E-state index contributed by atoms with van der Waals surface area (Å²) in [7, 11) is 0. The van der Waals surface area contributed by atoms with Gasteiger partial charge in [0.15, 0.2) is 0 Å². The van der Waals surface area contributed by atoms with Gasteiger partial charge in [0.25, 0.3) is 0 Å². The van der Waals surface area contributed by atoms with Crippen LogP contribution in [0.3, 0.4) is 0 Å². The van der Waals surface area contributed by atoms with Gasteiger partial charge in [-0.1, -0.05) is 35.9 Å². The second-order valence-corrected chi connectivity index (χ2v) is 8.01. The van der Waals surface area contributed by atoms with E-state index in [1.807, 2.05) is 52.3 Å². The van der Waals surface area contributed by atoms with Crippen LogP contribution in [0.5, 0.6) is 0 Å². The minimum atomic E-state index is 0.181. The van der Waals surface area contributed by atoms with Crippen molar-refractivity contribution in [2.75, 3.05) is 18.8 Å². The first-order chi connectivity index (χ1) is 10.7. The lowest BCUT2D eigenvalue weighted by Gasteiger charge is -2.20. The number of carbonyl (C=O) groups is 1. The summed E-state index contributed by atoms with van der Waals surface area (Å²) in [6, 6.07) is 11.9. The summed E-state index contributed by atoms with van der Waals surface area (Å²) in [6.45, 7) is 1.66. The maximum atomic E-state index is 12.5. The van der Waals surface area contributed by atoms with E-state index >= 15 is 0 Å². The molecule has 22 heavy (non-hydrogen) atoms. The van der Waals surface area contributed by atoms with Crippen LogP contribution in [0, 0.1) is 0 Å². The molecule has 0 N–H and O–H groups in total. The summed E-state index contributed by atoms with van der Waals surface area (Å²) >= 11 is 9.93. The second kappa shape index (κ2) is 7.53. The molecule has 0 spiro atoms. The van der Waals surface area contributed by atoms with Crippen molar-refractivity contribution < 1.29 is 4.79 Å². The Bertz CT molecular complexity index is 629. The Kier molecular flexibility index (Phi) is 5.45. The number of hydrogen-bond acceptors (Lipinski definition) is 3. The molecule has 5 heteroatoms. The minimum Gasteiger partial charge on any atom is -0.342 e. The zero-order valence-electron chi connectivity index (χ0n) is 12.2. The predicted octanol–water partition coefficient (Wildman–Crippen LogP) is 4.65. The van der Waals surface area contributed by atoms with Crippen molar-refractivity contribution in [1.82, 2.24) is 4.90 Å². The normalized spacial score (nSPS) is 19.0. The Balaban J connectivity index is 1.61. The maximum Gasteiger partial charge on any atom is 0.227 e. The smallest absolute Gasteiger partial charge is 0.227 e. The molecule has 0 radical (unpaired) electrons. The topological polar surface area (TPSA) is 20.3 Å². The van der Waals surface area contributed by atoms with Crippen molar-refractivity contribution >= 4 is 40.6 Å². The fraction of sp³-hybridized carbons (Fsp3) is 0.353. The highest BCUT2D eigenvalue weighted by molar-refractivity contribution is 7.99. The van der Waals surface area contributed by atoms with Crippen molar-refractivity contribution in [3.05, 3.63) is 57.2 Å². The minimum absolute atomic E-state index is 0.181. The number of amides is 1. The van der Waals surface area contributed by atoms with E-state index in [1.54, 1.807) is 0 Å². The van der Waals surface area contributed by atoms with E-state index < -0.39 is 0 Å². The maximum absolute atomic E-state index is 12.5. The number of benzene rings is 1. The number of thioether (sulfide) groups is 1. The molecule has 2 heterocycles. The largest absolute Gasteiger partial charge is 0.342 e. The van der Waals surface area contributed by atoms with Crippen molar-refractivity contribution in [3.63, 3.8) is 0 Å². The summed E-state index contributed by atoms with van der Waals surface area (Å²) in [5.41, 5.74) is 0.917. The molecule has 1 saturated heterocycles. The number of halogens is 1. The van der Waals surface area contributed by atoms with Gasteiger partial charge in [0.05, 0.1) is 6.42 Å². The fourth-order valence-electron chi connectivity index (χ4n) is 2.64. The molecule has 0 unspecified atom stereocenters. The standard InChI is InChI=1S/C17H18ClNOS2/c18-14-5-2-1-4-13(14)12-17(20)19-8-7-16(22-11-9-19)15-6-3-10-21-15/h1-6,10,16H,7-9,11-12H2/t16-/m0/s1. The van der Waals surface area contributed by atoms with E-state index in [9.17, 15) is 4.79 Å². The average molecular weight is 352 g/mol. The third-order valence-electron chi connectivity index (χ3n) is 3.85. The Labute approximate surface area is 144 Å². The number of hydrogen-bond donors (Lipinski definition) is 0. The van der Waals surface area contributed by atoms with Crippen LogP contribution in [-0.2, 0) is 11.2 Å². The third-order valence-corrected chi connectivity index (χ3v) is 6.67. The molecule has 2 aromatic rings. The van der Waals surface area contributed by atoms with Crippen LogP contribution in [0.1, 0.15) is 22.1 Å². The van der Waals surface area contributed by atoms with E-state index in [0.717, 1.165) is 30.8 Å². The van der Waals surface area contributed by atoms with Crippen molar-refractivity contribution in [1.29, 1.82) is 0 Å². The SMILES string of the molecule is O=C(Cc1ccccc1Cl)N1CCS[C@H](c2cccs2)CC1. The summed E-state index contributed by atoms with van der Waals surface area (Å²) in [5.74, 6) is 1.18. The first kappa shape index (κ1) is 15.9. The van der Waals surface area contributed by atoms with Gasteiger partial charge in [-0.05, 0) is 29.5 Å². The molecule has 3 rings (SSSR count). The summed E-state index contributed by atoms with van der Waals surface area (Å²) in [5, 5.41) is 3.33. The quantitative estimate of drug-likeness (QED) is 0.802. The molecule has 1 atom stereocenters. The highest BCUT2D eigenvalue weighted by atomic mass is 35.5. The van der Waals surface area contributed by atoms with E-state index in [0.29, 0.717) is 16.7 Å². The van der Waals surface area contributed by atoms with Gasteiger partial charge in [-0.2, -0.15) is 11.8 Å². The van der Waals surface area contributed by atoms with E-state index in [-0.39, 0.29) is 5.91 Å². The molecule has 1 fully saturated rings. The Hall–Kier alpha value is -0.970. The fourth-order valence-corrected chi connectivity index (χ4v) is 5.08. The first-order valence-corrected chi connectivity index (χ1v) is 9.71. The van der Waals surface area contributed by atoms with Crippen molar-refractivity contribution in [3.8, 4) is 0 Å². The Morgan fingerprint density at radius 3 is 2.86 bits per heavy atom. The monoisotopic (exact) mass is 351 g/mol. The average Bonchev–Trinajstić information content (AvgIpc) is 2.94. The molecule has 1 aromatic heterocycles. The Morgan fingerprint density at radius 1 is 1.23 bits per heavy atom. The highest BCUT2D eigenvalue weighted by Gasteiger charge is 2.22. The van der Waals surface area contributed by atoms with Crippen LogP contribution in [0.25, 0.3) is 0 Å². The number of rotatable bonds is 3. The van der Waals surface area contributed by atoms with E-state index in [2.05, 4.69) is 17.5 Å². The zero-order chi connectivity index (χ0) is 15.4. The van der Waals surface area contributed by atoms with Crippen molar-refractivity contribution in [2.45, 2.75) is 18.1 Å². The molecular weight excluding hydrogens is 334 g/mol. The molecule has 0 bridgehead atoms. The number of nitrogens with zero attached hydrogens (tertiary/aromatic N) is 1. The van der Waals surface area contributed by atoms with E-state index in [1.165, 1.54) is 4.88 Å². The molecule has 1 aliphatic rings. The molecule has 0 aliphatic carbocycles. The first-order valence-electron chi connectivity index (χ1n) is 7.40. The summed E-state index contributed by atoms with van der Waals surface area (Å²) < 4.78 is 0. The number of thiophene rings is 1. The van der Waals surface area contributed by atoms with Gasteiger partial charge < -0.3 is 4.90 Å². The summed E-state index contributed by atoms with van der Waals surface area (Å²) in [6.07, 6.45) is 1.42. The van der Waals surface area contributed by atoms with Gasteiger partial charge >= 0.3 is 0 Å². The van der Waals surface area contributed by atoms with Crippen LogP contribution >= 0.6 is 34.7 Å². The van der Waals surface area contributed by atoms with Crippen LogP contribution in [0.15, 0.2) is 41.8 Å². The van der Waals surface area contributed by atoms with Gasteiger partial charge in [-0.15, -0.1) is 11.3 Å². The van der Waals surface area contributed by atoms with Crippen LogP contribution in [0.2, 0.25) is 5.02 Å². The lowest BCUT2D eigenvalue weighted by atomic mass is 10.1. The molecule has 1 aliphatic heterocycles. The summed E-state index contributed by atoms with van der Waals surface area (Å²) in [4.78, 5) is 15.9. The third kappa shape index (κ3) is 3.86.